The van der Waals surface area contributed by atoms with E-state index in [2.05, 4.69) is 4.90 Å². The minimum atomic E-state index is -0.370. The van der Waals surface area contributed by atoms with Crippen molar-refractivity contribution in [1.29, 1.82) is 0 Å². The van der Waals surface area contributed by atoms with Gasteiger partial charge in [-0.1, -0.05) is 35.3 Å². The van der Waals surface area contributed by atoms with Crippen molar-refractivity contribution in [3.05, 3.63) is 52.5 Å². The van der Waals surface area contributed by atoms with E-state index in [-0.39, 0.29) is 12.2 Å². The van der Waals surface area contributed by atoms with Crippen molar-refractivity contribution in [3.63, 3.8) is 0 Å². The first-order valence-electron chi connectivity index (χ1n) is 8.12. The van der Waals surface area contributed by atoms with Crippen LogP contribution in [0.2, 0.25) is 10.0 Å². The fourth-order valence-electron chi connectivity index (χ4n) is 3.00. The topological polar surface area (TPSA) is 32.8 Å². The summed E-state index contributed by atoms with van der Waals surface area (Å²) in [7, 11) is 3.73. The van der Waals surface area contributed by atoms with Crippen molar-refractivity contribution < 1.29 is 9.53 Å². The van der Waals surface area contributed by atoms with E-state index in [0.29, 0.717) is 10.0 Å². The molecule has 0 radical (unpaired) electrons. The van der Waals surface area contributed by atoms with Gasteiger partial charge < -0.3 is 9.64 Å². The second-order valence-electron chi connectivity index (χ2n) is 6.29. The maximum absolute atomic E-state index is 12.6. The molecular formula is C19H20Cl2N2O2. The van der Waals surface area contributed by atoms with Gasteiger partial charge in [0.2, 0.25) is 0 Å². The van der Waals surface area contributed by atoms with E-state index < -0.39 is 0 Å². The molecule has 0 bridgehead atoms. The van der Waals surface area contributed by atoms with E-state index in [1.54, 1.807) is 13.1 Å². The zero-order valence-corrected chi connectivity index (χ0v) is 15.7. The highest BCUT2D eigenvalue weighted by Gasteiger charge is 2.26. The number of amides is 1. The SMILES string of the molecule is CN1CC[C@@H](OC(=O)N(C)c2ccc(Cl)cc2-c2cccc(Cl)c2)C1. The Kier molecular flexibility index (Phi) is 5.52. The number of likely N-dealkylation sites (N-methyl/N-ethyl adjacent to an activating group) is 1. The lowest BCUT2D eigenvalue weighted by Crippen LogP contribution is -2.32. The summed E-state index contributed by atoms with van der Waals surface area (Å²) in [6.07, 6.45) is 0.422. The number of carbonyl (C=O) groups excluding carboxylic acids is 1. The molecule has 0 N–H and O–H groups in total. The predicted octanol–water partition coefficient (Wildman–Crippen LogP) is 4.94. The van der Waals surface area contributed by atoms with E-state index in [1.165, 1.54) is 4.90 Å². The quantitative estimate of drug-likeness (QED) is 0.758. The van der Waals surface area contributed by atoms with Crippen molar-refractivity contribution in [2.24, 2.45) is 0 Å². The Morgan fingerprint density at radius 3 is 2.64 bits per heavy atom. The summed E-state index contributed by atoms with van der Waals surface area (Å²) in [5.41, 5.74) is 2.45. The molecule has 3 rings (SSSR count). The molecule has 0 unspecified atom stereocenters. The Labute approximate surface area is 157 Å². The Hall–Kier alpha value is -1.75. The third-order valence-corrected chi connectivity index (χ3v) is 4.82. The lowest BCUT2D eigenvalue weighted by molar-refractivity contribution is 0.110. The molecule has 0 aromatic heterocycles. The molecule has 2 aromatic rings. The molecule has 1 fully saturated rings. The second-order valence-corrected chi connectivity index (χ2v) is 7.16. The number of ether oxygens (including phenoxy) is 1. The molecule has 25 heavy (non-hydrogen) atoms. The fraction of sp³-hybridized carbons (Fsp3) is 0.316. The highest BCUT2D eigenvalue weighted by Crippen LogP contribution is 2.34. The van der Waals surface area contributed by atoms with Gasteiger partial charge in [0.25, 0.3) is 0 Å². The normalized spacial score (nSPS) is 17.5. The molecular weight excluding hydrogens is 359 g/mol. The van der Waals surface area contributed by atoms with Gasteiger partial charge >= 0.3 is 6.09 Å². The van der Waals surface area contributed by atoms with Crippen LogP contribution in [0.4, 0.5) is 10.5 Å². The lowest BCUT2D eigenvalue weighted by Gasteiger charge is -2.23. The lowest BCUT2D eigenvalue weighted by atomic mass is 10.0. The molecule has 1 heterocycles. The maximum atomic E-state index is 12.6. The number of carbonyl (C=O) groups is 1. The van der Waals surface area contributed by atoms with Crippen LogP contribution in [0.1, 0.15) is 6.42 Å². The van der Waals surface area contributed by atoms with Crippen LogP contribution < -0.4 is 4.90 Å². The van der Waals surface area contributed by atoms with Gasteiger partial charge in [-0.25, -0.2) is 4.79 Å². The third-order valence-electron chi connectivity index (χ3n) is 4.35. The molecule has 1 atom stereocenters. The molecule has 1 aliphatic rings. The molecule has 4 nitrogen and oxygen atoms in total. The number of halogens is 2. The fourth-order valence-corrected chi connectivity index (χ4v) is 3.36. The van der Waals surface area contributed by atoms with Crippen molar-refractivity contribution in [3.8, 4) is 11.1 Å². The van der Waals surface area contributed by atoms with Crippen LogP contribution in [0.5, 0.6) is 0 Å². The van der Waals surface area contributed by atoms with Crippen LogP contribution in [-0.2, 0) is 4.74 Å². The van der Waals surface area contributed by atoms with Gasteiger partial charge in [0.1, 0.15) is 6.10 Å². The summed E-state index contributed by atoms with van der Waals surface area (Å²) in [5.74, 6) is 0. The Bertz CT molecular complexity index is 782. The smallest absolute Gasteiger partial charge is 0.414 e. The highest BCUT2D eigenvalue weighted by atomic mass is 35.5. The predicted molar refractivity (Wildman–Crippen MR) is 103 cm³/mol. The van der Waals surface area contributed by atoms with Crippen LogP contribution >= 0.6 is 23.2 Å². The van der Waals surface area contributed by atoms with Gasteiger partial charge in [-0.05, 0) is 49.4 Å². The van der Waals surface area contributed by atoms with Crippen molar-refractivity contribution in [2.75, 3.05) is 32.1 Å². The van der Waals surface area contributed by atoms with Crippen molar-refractivity contribution >= 4 is 35.0 Å². The largest absolute Gasteiger partial charge is 0.444 e. The summed E-state index contributed by atoms with van der Waals surface area (Å²) in [5, 5.41) is 1.22. The van der Waals surface area contributed by atoms with Crippen molar-refractivity contribution in [1.82, 2.24) is 4.90 Å². The number of hydrogen-bond acceptors (Lipinski definition) is 3. The molecule has 1 saturated heterocycles. The number of rotatable bonds is 3. The van der Waals surface area contributed by atoms with Crippen LogP contribution in [0, 0.1) is 0 Å². The summed E-state index contributed by atoms with van der Waals surface area (Å²) in [4.78, 5) is 16.2. The van der Waals surface area contributed by atoms with Gasteiger partial charge in [0.15, 0.2) is 0 Å². The first-order chi connectivity index (χ1) is 11.9. The van der Waals surface area contributed by atoms with Crippen molar-refractivity contribution in [2.45, 2.75) is 12.5 Å². The van der Waals surface area contributed by atoms with Gasteiger partial charge in [0.05, 0.1) is 5.69 Å². The van der Waals surface area contributed by atoms with E-state index in [1.807, 2.05) is 43.4 Å². The zero-order valence-electron chi connectivity index (χ0n) is 14.2. The minimum Gasteiger partial charge on any atom is -0.444 e. The molecule has 1 aliphatic heterocycles. The monoisotopic (exact) mass is 378 g/mol. The Morgan fingerprint density at radius 2 is 1.96 bits per heavy atom. The summed E-state index contributed by atoms with van der Waals surface area (Å²) >= 11 is 12.3. The average Bonchev–Trinajstić information content (AvgIpc) is 2.99. The van der Waals surface area contributed by atoms with Crippen LogP contribution in [0.25, 0.3) is 11.1 Å². The highest BCUT2D eigenvalue weighted by molar-refractivity contribution is 6.31. The number of benzene rings is 2. The van der Waals surface area contributed by atoms with Crippen LogP contribution in [0.3, 0.4) is 0 Å². The summed E-state index contributed by atoms with van der Waals surface area (Å²) in [6, 6.07) is 12.9. The Balaban J connectivity index is 1.87. The van der Waals surface area contributed by atoms with Gasteiger partial charge in [-0.15, -0.1) is 0 Å². The maximum Gasteiger partial charge on any atom is 0.414 e. The van der Waals surface area contributed by atoms with Crippen LogP contribution in [0.15, 0.2) is 42.5 Å². The molecule has 0 saturated carbocycles. The first-order valence-corrected chi connectivity index (χ1v) is 8.88. The van der Waals surface area contributed by atoms with Crippen LogP contribution in [-0.4, -0.2) is 44.3 Å². The molecule has 1 amide bonds. The zero-order chi connectivity index (χ0) is 18.0. The number of nitrogens with zero attached hydrogens (tertiary/aromatic N) is 2. The van der Waals surface area contributed by atoms with E-state index >= 15 is 0 Å². The third kappa shape index (κ3) is 4.27. The Morgan fingerprint density at radius 1 is 1.20 bits per heavy atom. The van der Waals surface area contributed by atoms with Gasteiger partial charge in [-0.2, -0.15) is 0 Å². The number of anilines is 1. The number of likely N-dealkylation sites (tertiary alicyclic amines) is 1. The molecule has 132 valence electrons. The van der Waals surface area contributed by atoms with Gasteiger partial charge in [0, 0.05) is 35.7 Å². The van der Waals surface area contributed by atoms with E-state index in [0.717, 1.165) is 36.3 Å². The first kappa shape index (κ1) is 18.1. The van der Waals surface area contributed by atoms with E-state index in [4.69, 9.17) is 27.9 Å². The molecule has 6 heteroatoms. The summed E-state index contributed by atoms with van der Waals surface area (Å²) in [6.45, 7) is 1.71. The molecule has 2 aromatic carbocycles. The van der Waals surface area contributed by atoms with Gasteiger partial charge in [-0.3, -0.25) is 4.90 Å². The van der Waals surface area contributed by atoms with E-state index in [9.17, 15) is 4.79 Å². The minimum absolute atomic E-state index is 0.0677. The average molecular weight is 379 g/mol. The second kappa shape index (κ2) is 7.65. The number of hydrogen-bond donors (Lipinski definition) is 0. The standard InChI is InChI=1S/C19H20Cl2N2O2/c1-22-9-8-16(12-22)25-19(24)23(2)18-7-6-15(21)11-17(18)13-4-3-5-14(20)10-13/h3-7,10-11,16H,8-9,12H2,1-2H3/t16-/m1/s1. The summed E-state index contributed by atoms with van der Waals surface area (Å²) < 4.78 is 5.63. The molecule has 0 spiro atoms. The molecule has 0 aliphatic carbocycles.